The summed E-state index contributed by atoms with van der Waals surface area (Å²) in [6.07, 6.45) is 1.69. The highest BCUT2D eigenvalue weighted by Crippen LogP contribution is 2.26. The van der Waals surface area contributed by atoms with Crippen LogP contribution in [-0.4, -0.2) is 24.2 Å². The molecule has 0 saturated heterocycles. The van der Waals surface area contributed by atoms with Gasteiger partial charge in [0.05, 0.1) is 6.61 Å². The first kappa shape index (κ1) is 15.2. The van der Waals surface area contributed by atoms with Crippen molar-refractivity contribution < 1.29 is 14.6 Å². The van der Waals surface area contributed by atoms with Crippen molar-refractivity contribution in [3.05, 3.63) is 41.5 Å². The Labute approximate surface area is 114 Å². The summed E-state index contributed by atoms with van der Waals surface area (Å²) in [7, 11) is 0. The van der Waals surface area contributed by atoms with Gasteiger partial charge in [-0.2, -0.15) is 0 Å². The number of carbonyl (C=O) groups excluding carboxylic acids is 1. The highest BCUT2D eigenvalue weighted by atomic mass is 16.5. The fourth-order valence-corrected chi connectivity index (χ4v) is 1.92. The third-order valence-corrected chi connectivity index (χ3v) is 2.84. The summed E-state index contributed by atoms with van der Waals surface area (Å²) in [5, 5.41) is 12.8. The third kappa shape index (κ3) is 3.83. The molecule has 4 heteroatoms. The molecule has 0 aliphatic carbocycles. The van der Waals surface area contributed by atoms with Gasteiger partial charge in [0.25, 0.3) is 0 Å². The SMILES string of the molecule is C=CCNC(C(=O)OCC)c1cc(C)c(O)c(C)c1. The minimum atomic E-state index is -0.545. The largest absolute Gasteiger partial charge is 0.507 e. The lowest BCUT2D eigenvalue weighted by molar-refractivity contribution is -0.145. The van der Waals surface area contributed by atoms with Gasteiger partial charge in [-0.3, -0.25) is 5.32 Å². The van der Waals surface area contributed by atoms with E-state index >= 15 is 0 Å². The van der Waals surface area contributed by atoms with Crippen LogP contribution in [0.3, 0.4) is 0 Å². The molecule has 4 nitrogen and oxygen atoms in total. The molecule has 0 spiro atoms. The Hall–Kier alpha value is -1.81. The summed E-state index contributed by atoms with van der Waals surface area (Å²) in [5.41, 5.74) is 2.27. The Morgan fingerprint density at radius 2 is 2.05 bits per heavy atom. The highest BCUT2D eigenvalue weighted by molar-refractivity contribution is 5.78. The lowest BCUT2D eigenvalue weighted by atomic mass is 10.00. The predicted octanol–water partition coefficient (Wildman–Crippen LogP) is 2.39. The van der Waals surface area contributed by atoms with Gasteiger partial charge in [0, 0.05) is 6.54 Å². The number of carbonyl (C=O) groups is 1. The summed E-state index contributed by atoms with van der Waals surface area (Å²) < 4.78 is 5.07. The number of nitrogens with one attached hydrogen (secondary N) is 1. The molecule has 0 bridgehead atoms. The van der Waals surface area contributed by atoms with E-state index in [0.29, 0.717) is 13.2 Å². The molecule has 0 radical (unpaired) electrons. The van der Waals surface area contributed by atoms with Crippen molar-refractivity contribution in [3.8, 4) is 5.75 Å². The van der Waals surface area contributed by atoms with Gasteiger partial charge in [-0.05, 0) is 37.5 Å². The smallest absolute Gasteiger partial charge is 0.327 e. The molecule has 0 amide bonds. The summed E-state index contributed by atoms with van der Waals surface area (Å²) in [6, 6.07) is 3.04. The van der Waals surface area contributed by atoms with Crippen LogP contribution in [0.25, 0.3) is 0 Å². The Kier molecular flexibility index (Phi) is 5.57. The molecule has 2 N–H and O–H groups in total. The van der Waals surface area contributed by atoms with Crippen LogP contribution in [0.1, 0.15) is 29.7 Å². The van der Waals surface area contributed by atoms with E-state index < -0.39 is 6.04 Å². The van der Waals surface area contributed by atoms with E-state index in [2.05, 4.69) is 11.9 Å². The van der Waals surface area contributed by atoms with Crippen LogP contribution < -0.4 is 5.32 Å². The van der Waals surface area contributed by atoms with E-state index in [1.165, 1.54) is 0 Å². The number of phenolic OH excluding ortho intramolecular Hbond substituents is 1. The zero-order valence-electron chi connectivity index (χ0n) is 11.7. The topological polar surface area (TPSA) is 58.6 Å². The number of phenols is 1. The van der Waals surface area contributed by atoms with E-state index in [1.54, 1.807) is 25.1 Å². The normalized spacial score (nSPS) is 11.9. The van der Waals surface area contributed by atoms with E-state index in [9.17, 15) is 9.90 Å². The average molecular weight is 263 g/mol. The van der Waals surface area contributed by atoms with Crippen LogP contribution in [0.4, 0.5) is 0 Å². The third-order valence-electron chi connectivity index (χ3n) is 2.84. The van der Waals surface area contributed by atoms with Gasteiger partial charge in [0.2, 0.25) is 0 Å². The first-order chi connectivity index (χ1) is 9.01. The van der Waals surface area contributed by atoms with Gasteiger partial charge >= 0.3 is 5.97 Å². The Bertz CT molecular complexity index is 445. The van der Waals surface area contributed by atoms with Gasteiger partial charge in [-0.1, -0.05) is 18.2 Å². The number of ether oxygens (including phenoxy) is 1. The van der Waals surface area contributed by atoms with Gasteiger partial charge in [-0.25, -0.2) is 4.79 Å². The van der Waals surface area contributed by atoms with Crippen LogP contribution in [0.2, 0.25) is 0 Å². The molecule has 1 aromatic rings. The Morgan fingerprint density at radius 3 is 2.53 bits per heavy atom. The molecule has 0 aliphatic rings. The van der Waals surface area contributed by atoms with Crippen LogP contribution in [0.15, 0.2) is 24.8 Å². The minimum absolute atomic E-state index is 0.259. The van der Waals surface area contributed by atoms with Crippen molar-refractivity contribution in [3.63, 3.8) is 0 Å². The van der Waals surface area contributed by atoms with E-state index in [-0.39, 0.29) is 11.7 Å². The van der Waals surface area contributed by atoms with Crippen LogP contribution >= 0.6 is 0 Å². The van der Waals surface area contributed by atoms with Crippen molar-refractivity contribution in [1.82, 2.24) is 5.32 Å². The standard InChI is InChI=1S/C15H21NO3/c1-5-7-16-13(15(18)19-6-2)12-8-10(3)14(17)11(4)9-12/h5,8-9,13,16-17H,1,6-7H2,2-4H3. The molecule has 0 aromatic heterocycles. The maximum atomic E-state index is 12.0. The second-order valence-electron chi connectivity index (χ2n) is 4.39. The van der Waals surface area contributed by atoms with E-state index in [0.717, 1.165) is 16.7 Å². The number of rotatable bonds is 6. The molecule has 19 heavy (non-hydrogen) atoms. The molecule has 0 aliphatic heterocycles. The molecule has 0 fully saturated rings. The molecular formula is C15H21NO3. The van der Waals surface area contributed by atoms with Crippen LogP contribution in [0, 0.1) is 13.8 Å². The van der Waals surface area contributed by atoms with Gasteiger partial charge in [-0.15, -0.1) is 6.58 Å². The zero-order chi connectivity index (χ0) is 14.4. The van der Waals surface area contributed by atoms with Crippen molar-refractivity contribution in [2.75, 3.05) is 13.2 Å². The summed E-state index contributed by atoms with van der Waals surface area (Å²) in [5.74, 6) is -0.0658. The molecule has 104 valence electrons. The van der Waals surface area contributed by atoms with Gasteiger partial charge in [0.1, 0.15) is 11.8 Å². The van der Waals surface area contributed by atoms with Gasteiger partial charge in [0.15, 0.2) is 0 Å². The first-order valence-corrected chi connectivity index (χ1v) is 6.32. The number of esters is 1. The van der Waals surface area contributed by atoms with E-state index in [4.69, 9.17) is 4.74 Å². The maximum Gasteiger partial charge on any atom is 0.327 e. The summed E-state index contributed by atoms with van der Waals surface area (Å²) in [6.45, 7) is 9.85. The number of hydrogen-bond donors (Lipinski definition) is 2. The van der Waals surface area contributed by atoms with Crippen molar-refractivity contribution >= 4 is 5.97 Å². The zero-order valence-corrected chi connectivity index (χ0v) is 11.7. The molecule has 0 heterocycles. The fourth-order valence-electron chi connectivity index (χ4n) is 1.92. The molecule has 1 atom stereocenters. The molecule has 1 rings (SSSR count). The summed E-state index contributed by atoms with van der Waals surface area (Å²) >= 11 is 0. The second-order valence-corrected chi connectivity index (χ2v) is 4.39. The molecule has 0 saturated carbocycles. The van der Waals surface area contributed by atoms with Crippen molar-refractivity contribution in [2.24, 2.45) is 0 Å². The minimum Gasteiger partial charge on any atom is -0.507 e. The first-order valence-electron chi connectivity index (χ1n) is 6.32. The van der Waals surface area contributed by atoms with Crippen molar-refractivity contribution in [1.29, 1.82) is 0 Å². The molecule has 1 unspecified atom stereocenters. The van der Waals surface area contributed by atoms with E-state index in [1.807, 2.05) is 13.8 Å². The predicted molar refractivity (Wildman–Crippen MR) is 75.2 cm³/mol. The number of aryl methyl sites for hydroxylation is 2. The van der Waals surface area contributed by atoms with Crippen LogP contribution in [0.5, 0.6) is 5.75 Å². The average Bonchev–Trinajstić information content (AvgIpc) is 2.36. The second kappa shape index (κ2) is 6.95. The van der Waals surface area contributed by atoms with Crippen LogP contribution in [-0.2, 0) is 9.53 Å². The quantitative estimate of drug-likeness (QED) is 0.611. The monoisotopic (exact) mass is 263 g/mol. The number of hydrogen-bond acceptors (Lipinski definition) is 4. The highest BCUT2D eigenvalue weighted by Gasteiger charge is 2.22. The number of benzene rings is 1. The van der Waals surface area contributed by atoms with Crippen molar-refractivity contribution in [2.45, 2.75) is 26.8 Å². The fraction of sp³-hybridized carbons (Fsp3) is 0.400. The molecular weight excluding hydrogens is 242 g/mol. The number of aromatic hydroxyl groups is 1. The maximum absolute atomic E-state index is 12.0. The Balaban J connectivity index is 3.09. The summed E-state index contributed by atoms with van der Waals surface area (Å²) in [4.78, 5) is 12.0. The Morgan fingerprint density at radius 1 is 1.47 bits per heavy atom. The van der Waals surface area contributed by atoms with Gasteiger partial charge < -0.3 is 9.84 Å². The lowest BCUT2D eigenvalue weighted by Crippen LogP contribution is -2.30. The molecule has 1 aromatic carbocycles. The lowest BCUT2D eigenvalue weighted by Gasteiger charge is -2.18.